The Labute approximate surface area is 244 Å². The average Bonchev–Trinajstić information content (AvgIpc) is 3.67. The lowest BCUT2D eigenvalue weighted by Gasteiger charge is -2.23. The van der Waals surface area contributed by atoms with Crippen LogP contribution in [0.2, 0.25) is 0 Å². The zero-order valence-corrected chi connectivity index (χ0v) is 23.6. The molecule has 0 spiro atoms. The van der Waals surface area contributed by atoms with Gasteiger partial charge >= 0.3 is 0 Å². The molecule has 0 aliphatic carbocycles. The highest BCUT2D eigenvalue weighted by Crippen LogP contribution is 2.38. The molecule has 2 heterocycles. The van der Waals surface area contributed by atoms with E-state index in [0.717, 1.165) is 55.2 Å². The predicted molar refractivity (Wildman–Crippen MR) is 167 cm³/mol. The van der Waals surface area contributed by atoms with Crippen molar-refractivity contribution in [3.05, 3.63) is 131 Å². The second kappa shape index (κ2) is 10.4. The van der Waals surface area contributed by atoms with Crippen LogP contribution in [-0.4, -0.2) is 33.3 Å². The molecule has 2 unspecified atom stereocenters. The summed E-state index contributed by atoms with van der Waals surface area (Å²) < 4.78 is 0. The molecular formula is C36H30N4O2. The molecular weight excluding hydrogens is 520 g/mol. The summed E-state index contributed by atoms with van der Waals surface area (Å²) in [6.07, 6.45) is 1.26. The van der Waals surface area contributed by atoms with E-state index in [1.165, 1.54) is 0 Å². The second-order valence-corrected chi connectivity index (χ2v) is 11.0. The van der Waals surface area contributed by atoms with Gasteiger partial charge in [-0.15, -0.1) is 0 Å². The fraction of sp³-hybridized carbons (Fsp3) is 0.167. The Kier molecular flexibility index (Phi) is 6.39. The van der Waals surface area contributed by atoms with E-state index in [0.29, 0.717) is 12.8 Å². The van der Waals surface area contributed by atoms with Crippen molar-refractivity contribution in [2.24, 2.45) is 10.2 Å². The van der Waals surface area contributed by atoms with Crippen LogP contribution in [0, 0.1) is 0 Å². The van der Waals surface area contributed by atoms with Crippen LogP contribution in [0.3, 0.4) is 0 Å². The lowest BCUT2D eigenvalue weighted by Crippen LogP contribution is -2.25. The van der Waals surface area contributed by atoms with Crippen LogP contribution in [0.1, 0.15) is 61.0 Å². The Morgan fingerprint density at radius 3 is 1.33 bits per heavy atom. The molecule has 5 aromatic rings. The Bertz CT molecular complexity index is 1770. The number of benzene rings is 5. The van der Waals surface area contributed by atoms with Crippen molar-refractivity contribution < 1.29 is 9.59 Å². The Morgan fingerprint density at radius 1 is 0.548 bits per heavy atom. The molecule has 0 radical (unpaired) electrons. The third kappa shape index (κ3) is 4.45. The summed E-state index contributed by atoms with van der Waals surface area (Å²) in [6.45, 7) is 3.12. The smallest absolute Gasteiger partial charge is 0.240 e. The molecule has 7 rings (SSSR count). The lowest BCUT2D eigenvalue weighted by atomic mass is 9.92. The van der Waals surface area contributed by atoms with Crippen molar-refractivity contribution in [2.75, 3.05) is 0 Å². The topological polar surface area (TPSA) is 65.3 Å². The summed E-state index contributed by atoms with van der Waals surface area (Å²) >= 11 is 0. The molecule has 0 N–H and O–H groups in total. The first-order chi connectivity index (χ1) is 20.5. The molecule has 2 aliphatic rings. The highest BCUT2D eigenvalue weighted by Gasteiger charge is 2.34. The normalized spacial score (nSPS) is 18.4. The zero-order chi connectivity index (χ0) is 28.8. The monoisotopic (exact) mass is 550 g/mol. The van der Waals surface area contributed by atoms with E-state index in [-0.39, 0.29) is 23.9 Å². The van der Waals surface area contributed by atoms with Crippen LogP contribution in [0.4, 0.5) is 0 Å². The molecule has 6 nitrogen and oxygen atoms in total. The van der Waals surface area contributed by atoms with Crippen molar-refractivity contribution in [3.8, 4) is 0 Å². The van der Waals surface area contributed by atoms with Gasteiger partial charge in [-0.3, -0.25) is 9.59 Å². The Morgan fingerprint density at radius 2 is 0.929 bits per heavy atom. The third-order valence-electron chi connectivity index (χ3n) is 8.37. The van der Waals surface area contributed by atoms with E-state index < -0.39 is 0 Å². The SMILES string of the molecule is CC(=O)N1N=C(c2cccc3ccccc23)CC1c1ccc(C2CC(c3cccc4ccccc34)=NN2C(C)=O)cc1. The average molecular weight is 551 g/mol. The maximum absolute atomic E-state index is 12.7. The summed E-state index contributed by atoms with van der Waals surface area (Å²) in [7, 11) is 0. The number of hydrogen-bond donors (Lipinski definition) is 0. The number of fused-ring (bicyclic) bond motifs is 2. The van der Waals surface area contributed by atoms with E-state index in [9.17, 15) is 9.59 Å². The largest absolute Gasteiger partial charge is 0.273 e. The fourth-order valence-electron chi connectivity index (χ4n) is 6.34. The summed E-state index contributed by atoms with van der Waals surface area (Å²) in [4.78, 5) is 25.4. The minimum absolute atomic E-state index is 0.0917. The van der Waals surface area contributed by atoms with Gasteiger partial charge in [0.15, 0.2) is 0 Å². The number of nitrogens with zero attached hydrogens (tertiary/aromatic N) is 4. The van der Waals surface area contributed by atoms with Gasteiger partial charge in [0.2, 0.25) is 11.8 Å². The van der Waals surface area contributed by atoms with Gasteiger partial charge in [-0.05, 0) is 32.7 Å². The first-order valence-electron chi connectivity index (χ1n) is 14.3. The van der Waals surface area contributed by atoms with Crippen LogP contribution in [0.5, 0.6) is 0 Å². The van der Waals surface area contributed by atoms with Gasteiger partial charge in [0, 0.05) is 37.8 Å². The van der Waals surface area contributed by atoms with Crippen LogP contribution in [0.25, 0.3) is 21.5 Å². The van der Waals surface area contributed by atoms with Crippen molar-refractivity contribution in [1.29, 1.82) is 0 Å². The molecule has 0 bridgehead atoms. The standard InChI is InChI=1S/C36H30N4O2/c1-23(41)39-35(21-33(37-39)31-15-7-11-25-9-3-5-13-29(25)31)27-17-19-28(20-18-27)36-22-34(38-40(36)24(2)42)32-16-8-12-26-10-4-6-14-30(26)32/h3-20,35-36H,21-22H2,1-2H3. The predicted octanol–water partition coefficient (Wildman–Crippen LogP) is 7.39. The van der Waals surface area contributed by atoms with Gasteiger partial charge < -0.3 is 0 Å². The van der Waals surface area contributed by atoms with Crippen LogP contribution < -0.4 is 0 Å². The van der Waals surface area contributed by atoms with Crippen molar-refractivity contribution in [3.63, 3.8) is 0 Å². The first-order valence-corrected chi connectivity index (χ1v) is 14.3. The van der Waals surface area contributed by atoms with Gasteiger partial charge in [0.25, 0.3) is 0 Å². The van der Waals surface area contributed by atoms with E-state index in [4.69, 9.17) is 10.2 Å². The summed E-state index contributed by atoms with van der Waals surface area (Å²) in [5, 5.41) is 17.4. The maximum atomic E-state index is 12.7. The molecule has 0 fully saturated rings. The number of carbonyl (C=O) groups is 2. The van der Waals surface area contributed by atoms with Gasteiger partial charge in [0.05, 0.1) is 23.5 Å². The van der Waals surface area contributed by atoms with Gasteiger partial charge in [-0.25, -0.2) is 10.0 Å². The van der Waals surface area contributed by atoms with Gasteiger partial charge in [-0.1, -0.05) is 109 Å². The molecule has 0 saturated heterocycles. The highest BCUT2D eigenvalue weighted by atomic mass is 16.2. The maximum Gasteiger partial charge on any atom is 0.240 e. The number of amides is 2. The number of hydrazone groups is 2. The van der Waals surface area contributed by atoms with Gasteiger partial charge in [0.1, 0.15) is 0 Å². The van der Waals surface area contributed by atoms with E-state index in [1.54, 1.807) is 23.9 Å². The molecule has 2 atom stereocenters. The molecule has 5 aromatic carbocycles. The van der Waals surface area contributed by atoms with E-state index in [2.05, 4.69) is 72.8 Å². The number of rotatable bonds is 4. The van der Waals surface area contributed by atoms with Crippen LogP contribution >= 0.6 is 0 Å². The number of carbonyl (C=O) groups excluding carboxylic acids is 2. The van der Waals surface area contributed by atoms with Crippen LogP contribution in [0.15, 0.2) is 119 Å². The van der Waals surface area contributed by atoms with Crippen molar-refractivity contribution in [2.45, 2.75) is 38.8 Å². The molecule has 206 valence electrons. The molecule has 6 heteroatoms. The van der Waals surface area contributed by atoms with E-state index in [1.807, 2.05) is 36.4 Å². The quantitative estimate of drug-likeness (QED) is 0.234. The lowest BCUT2D eigenvalue weighted by molar-refractivity contribution is -0.131. The second-order valence-electron chi connectivity index (χ2n) is 11.0. The molecule has 2 aliphatic heterocycles. The molecule has 2 amide bonds. The van der Waals surface area contributed by atoms with Crippen molar-refractivity contribution in [1.82, 2.24) is 10.0 Å². The third-order valence-corrected chi connectivity index (χ3v) is 8.37. The minimum Gasteiger partial charge on any atom is -0.273 e. The summed E-state index contributed by atoms with van der Waals surface area (Å²) in [5.41, 5.74) is 5.94. The minimum atomic E-state index is -0.194. The van der Waals surface area contributed by atoms with Crippen molar-refractivity contribution >= 4 is 44.8 Å². The zero-order valence-electron chi connectivity index (χ0n) is 23.6. The van der Waals surface area contributed by atoms with Gasteiger partial charge in [-0.2, -0.15) is 10.2 Å². The Hall–Kier alpha value is -5.10. The van der Waals surface area contributed by atoms with Crippen LogP contribution in [-0.2, 0) is 9.59 Å². The van der Waals surface area contributed by atoms with E-state index >= 15 is 0 Å². The fourth-order valence-corrected chi connectivity index (χ4v) is 6.34. The Balaban J connectivity index is 1.17. The first kappa shape index (κ1) is 25.8. The molecule has 0 aromatic heterocycles. The molecule has 42 heavy (non-hydrogen) atoms. The summed E-state index contributed by atoms with van der Waals surface area (Å²) in [5.74, 6) is -0.183. The molecule has 0 saturated carbocycles. The summed E-state index contributed by atoms with van der Waals surface area (Å²) in [6, 6.07) is 36.8. The highest BCUT2D eigenvalue weighted by molar-refractivity contribution is 6.13. The number of hydrogen-bond acceptors (Lipinski definition) is 4.